The monoisotopic (exact) mass is 540 g/mol. The molecule has 0 aromatic heterocycles. The third kappa shape index (κ3) is 4.56. The number of fused-ring (bicyclic) bond motifs is 1. The van der Waals surface area contributed by atoms with Crippen molar-refractivity contribution >= 4 is 17.4 Å². The topological polar surface area (TPSA) is 116 Å². The summed E-state index contributed by atoms with van der Waals surface area (Å²) in [6, 6.07) is 5.48. The fourth-order valence-electron chi connectivity index (χ4n) is 5.44. The van der Waals surface area contributed by atoms with Crippen molar-refractivity contribution in [3.8, 4) is 34.5 Å². The van der Waals surface area contributed by atoms with E-state index in [2.05, 4.69) is 4.90 Å². The average molecular weight is 541 g/mol. The van der Waals surface area contributed by atoms with Crippen molar-refractivity contribution in [3.05, 3.63) is 41.0 Å². The van der Waals surface area contributed by atoms with Gasteiger partial charge in [-0.05, 0) is 50.2 Å². The summed E-state index contributed by atoms with van der Waals surface area (Å²) in [5.74, 6) is 0.277. The first-order valence-corrected chi connectivity index (χ1v) is 12.7. The summed E-state index contributed by atoms with van der Waals surface area (Å²) in [5.41, 5.74) is 0.649. The minimum atomic E-state index is -0.973. The second-order valence-corrected chi connectivity index (χ2v) is 9.38. The van der Waals surface area contributed by atoms with E-state index >= 15 is 0 Å². The number of nitrogens with zero attached hydrogens (tertiary/aromatic N) is 2. The number of ketones is 1. The lowest BCUT2D eigenvalue weighted by Gasteiger charge is -2.29. The lowest BCUT2D eigenvalue weighted by atomic mass is 9.93. The first-order valence-electron chi connectivity index (χ1n) is 12.7. The minimum Gasteiger partial charge on any atom is -0.507 e. The van der Waals surface area contributed by atoms with Crippen LogP contribution in [0.5, 0.6) is 34.5 Å². The van der Waals surface area contributed by atoms with Gasteiger partial charge in [0.2, 0.25) is 18.3 Å². The number of hydrogen-bond donors (Lipinski definition) is 1. The van der Waals surface area contributed by atoms with E-state index in [0.717, 1.165) is 25.9 Å². The predicted molar refractivity (Wildman–Crippen MR) is 140 cm³/mol. The van der Waals surface area contributed by atoms with Gasteiger partial charge in [-0.3, -0.25) is 9.59 Å². The maximum absolute atomic E-state index is 13.6. The zero-order valence-corrected chi connectivity index (χ0v) is 22.4. The fraction of sp³-hybridized carbons (Fsp3) is 0.429. The molecule has 0 aliphatic carbocycles. The number of carbonyl (C=O) groups is 2. The predicted octanol–water partition coefficient (Wildman–Crippen LogP) is 2.97. The van der Waals surface area contributed by atoms with E-state index in [-0.39, 0.29) is 36.2 Å². The van der Waals surface area contributed by atoms with Crippen LogP contribution in [-0.2, 0) is 9.59 Å². The van der Waals surface area contributed by atoms with Crippen LogP contribution >= 0.6 is 0 Å². The molecule has 11 heteroatoms. The van der Waals surface area contributed by atoms with Gasteiger partial charge in [0.25, 0.3) is 11.7 Å². The van der Waals surface area contributed by atoms with Crippen LogP contribution in [0.15, 0.2) is 29.8 Å². The number of Topliss-reactive ketones (excluding diaryl/α,β-unsaturated/α-hetero) is 1. The van der Waals surface area contributed by atoms with Crippen LogP contribution in [0.2, 0.25) is 0 Å². The Morgan fingerprint density at radius 1 is 0.923 bits per heavy atom. The number of aliphatic hydroxyl groups is 1. The largest absolute Gasteiger partial charge is 0.507 e. The molecule has 2 aromatic rings. The van der Waals surface area contributed by atoms with E-state index in [1.54, 1.807) is 24.3 Å². The van der Waals surface area contributed by atoms with Crippen LogP contribution in [0.4, 0.5) is 0 Å². The molecular formula is C28H32N2O9. The molecule has 3 aliphatic rings. The van der Waals surface area contributed by atoms with Gasteiger partial charge in [0.15, 0.2) is 23.0 Å². The van der Waals surface area contributed by atoms with Gasteiger partial charge in [-0.15, -0.1) is 0 Å². The summed E-state index contributed by atoms with van der Waals surface area (Å²) < 4.78 is 33.3. The SMILES string of the molecule is COc1ccc(C(O)=C2C(=O)C(=O)N(CCN3CCCC3)[C@@H]2c2cc3c(c(OC)c2OC)OCO3)cc1OC. The molecule has 208 valence electrons. The van der Waals surface area contributed by atoms with E-state index in [1.165, 1.54) is 33.3 Å². The molecule has 5 rings (SSSR count). The maximum atomic E-state index is 13.6. The molecule has 0 spiro atoms. The molecule has 3 aliphatic heterocycles. The molecule has 0 bridgehead atoms. The number of ether oxygens (including phenoxy) is 6. The Labute approximate surface area is 226 Å². The second kappa shape index (κ2) is 10.9. The first-order chi connectivity index (χ1) is 18.9. The summed E-state index contributed by atoms with van der Waals surface area (Å²) in [6.07, 6.45) is 2.18. The lowest BCUT2D eigenvalue weighted by Crippen LogP contribution is -2.37. The van der Waals surface area contributed by atoms with E-state index in [1.807, 2.05) is 0 Å². The second-order valence-electron chi connectivity index (χ2n) is 9.38. The van der Waals surface area contributed by atoms with Crippen molar-refractivity contribution in [2.45, 2.75) is 18.9 Å². The van der Waals surface area contributed by atoms with Gasteiger partial charge in [0.1, 0.15) is 5.76 Å². The summed E-state index contributed by atoms with van der Waals surface area (Å²) in [5, 5.41) is 11.5. The molecule has 2 fully saturated rings. The smallest absolute Gasteiger partial charge is 0.295 e. The molecule has 0 radical (unpaired) electrons. The van der Waals surface area contributed by atoms with Crippen molar-refractivity contribution in [1.29, 1.82) is 0 Å². The Bertz CT molecular complexity index is 1320. The highest BCUT2D eigenvalue weighted by molar-refractivity contribution is 6.46. The molecule has 1 atom stereocenters. The number of carbonyl (C=O) groups excluding carboxylic acids is 2. The molecule has 0 unspecified atom stereocenters. The molecule has 11 nitrogen and oxygen atoms in total. The third-order valence-electron chi connectivity index (χ3n) is 7.36. The highest BCUT2D eigenvalue weighted by atomic mass is 16.7. The quantitative estimate of drug-likeness (QED) is 0.289. The van der Waals surface area contributed by atoms with Crippen molar-refractivity contribution in [1.82, 2.24) is 9.80 Å². The maximum Gasteiger partial charge on any atom is 0.295 e. The minimum absolute atomic E-state index is 0.0148. The summed E-state index contributed by atoms with van der Waals surface area (Å²) in [4.78, 5) is 30.8. The van der Waals surface area contributed by atoms with E-state index < -0.39 is 17.7 Å². The Kier molecular flexibility index (Phi) is 7.42. The van der Waals surface area contributed by atoms with E-state index in [4.69, 9.17) is 28.4 Å². The van der Waals surface area contributed by atoms with Gasteiger partial charge in [0, 0.05) is 24.2 Å². The molecule has 0 saturated carbocycles. The van der Waals surface area contributed by atoms with Crippen LogP contribution in [-0.4, -0.2) is 88.0 Å². The van der Waals surface area contributed by atoms with Gasteiger partial charge < -0.3 is 43.3 Å². The van der Waals surface area contributed by atoms with Crippen molar-refractivity contribution in [2.75, 3.05) is 61.4 Å². The van der Waals surface area contributed by atoms with Crippen LogP contribution in [0.3, 0.4) is 0 Å². The van der Waals surface area contributed by atoms with Crippen molar-refractivity contribution in [2.24, 2.45) is 0 Å². The average Bonchev–Trinajstić information content (AvgIpc) is 3.70. The van der Waals surface area contributed by atoms with Crippen molar-refractivity contribution in [3.63, 3.8) is 0 Å². The number of aliphatic hydroxyl groups excluding tert-OH is 1. The van der Waals surface area contributed by atoms with Crippen LogP contribution < -0.4 is 28.4 Å². The summed E-state index contributed by atoms with van der Waals surface area (Å²) in [7, 11) is 5.91. The summed E-state index contributed by atoms with van der Waals surface area (Å²) >= 11 is 0. The molecule has 2 saturated heterocycles. The molecule has 3 heterocycles. The van der Waals surface area contributed by atoms with Gasteiger partial charge in [-0.2, -0.15) is 0 Å². The molecule has 1 amide bonds. The highest BCUT2D eigenvalue weighted by Crippen LogP contribution is 2.54. The van der Waals surface area contributed by atoms with Gasteiger partial charge in [-0.25, -0.2) is 0 Å². The number of benzene rings is 2. The Balaban J connectivity index is 1.69. The number of hydrogen-bond acceptors (Lipinski definition) is 10. The summed E-state index contributed by atoms with van der Waals surface area (Å²) in [6.45, 7) is 2.71. The lowest BCUT2D eigenvalue weighted by molar-refractivity contribution is -0.140. The molecule has 39 heavy (non-hydrogen) atoms. The number of likely N-dealkylation sites (tertiary alicyclic amines) is 2. The van der Waals surface area contributed by atoms with Gasteiger partial charge in [0.05, 0.1) is 40.1 Å². The number of methoxy groups -OCH3 is 4. The number of rotatable bonds is 9. The van der Waals surface area contributed by atoms with Gasteiger partial charge in [-0.1, -0.05) is 0 Å². The molecule has 1 N–H and O–H groups in total. The molecular weight excluding hydrogens is 508 g/mol. The normalized spacial score (nSPS) is 20.0. The van der Waals surface area contributed by atoms with Gasteiger partial charge >= 0.3 is 0 Å². The Morgan fingerprint density at radius 2 is 1.64 bits per heavy atom. The third-order valence-corrected chi connectivity index (χ3v) is 7.36. The Morgan fingerprint density at radius 3 is 2.31 bits per heavy atom. The van der Waals surface area contributed by atoms with E-state index in [9.17, 15) is 14.7 Å². The number of amides is 1. The van der Waals surface area contributed by atoms with Crippen LogP contribution in [0, 0.1) is 0 Å². The van der Waals surface area contributed by atoms with Crippen LogP contribution in [0.1, 0.15) is 30.0 Å². The zero-order chi connectivity index (χ0) is 27.7. The van der Waals surface area contributed by atoms with E-state index in [0.29, 0.717) is 40.7 Å². The Hall–Kier alpha value is -4.12. The fourth-order valence-corrected chi connectivity index (χ4v) is 5.44. The first kappa shape index (κ1) is 26.5. The van der Waals surface area contributed by atoms with Crippen LogP contribution in [0.25, 0.3) is 5.76 Å². The zero-order valence-electron chi connectivity index (χ0n) is 22.4. The van der Waals surface area contributed by atoms with Crippen molar-refractivity contribution < 1.29 is 43.1 Å². The molecule has 2 aromatic carbocycles. The highest BCUT2D eigenvalue weighted by Gasteiger charge is 2.48. The standard InChI is InChI=1S/C28H32N2O9/c1-34-18-8-7-16(13-19(18)35-2)23(31)21-22(30(28(33)24(21)32)12-11-29-9-5-6-10-29)17-14-20-26(39-15-38-20)27(37-4)25(17)36-3/h7-8,13-14,22,31H,5-6,9-12,15H2,1-4H3/t22-/m1/s1.